The van der Waals surface area contributed by atoms with Crippen molar-refractivity contribution >= 4 is 30.9 Å². The lowest BCUT2D eigenvalue weighted by Crippen LogP contribution is -2.10. The summed E-state index contributed by atoms with van der Waals surface area (Å²) in [5, 5.41) is 2.79. The molecule has 2 rings (SSSR count). The van der Waals surface area contributed by atoms with Gasteiger partial charge in [-0.15, -0.1) is 0 Å². The first-order chi connectivity index (χ1) is 11.7. The Morgan fingerprint density at radius 2 is 1.38 bits per heavy atom. The van der Waals surface area contributed by atoms with E-state index in [0.29, 0.717) is 13.0 Å². The molecule has 2 aromatic carbocycles. The third-order valence-corrected chi connectivity index (χ3v) is 4.26. The number of Topliss-reactive ketones (excluding diaryl/α,β-unsaturated/α-hetero) is 1. The maximum Gasteiger partial charge on any atom is 0.313 e. The van der Waals surface area contributed by atoms with Crippen molar-refractivity contribution in [3.8, 4) is 0 Å². The van der Waals surface area contributed by atoms with E-state index in [4.69, 9.17) is 0 Å². The lowest BCUT2D eigenvalue weighted by atomic mass is 10.2. The van der Waals surface area contributed by atoms with Crippen LogP contribution in [-0.4, -0.2) is 18.4 Å². The zero-order valence-corrected chi connectivity index (χ0v) is 15.3. The molecule has 0 heterocycles. The maximum absolute atomic E-state index is 10.8. The Bertz CT molecular complexity index is 543. The van der Waals surface area contributed by atoms with Gasteiger partial charge in [0.25, 0.3) is 0 Å². The van der Waals surface area contributed by atoms with Crippen molar-refractivity contribution < 1.29 is 14.3 Å². The van der Waals surface area contributed by atoms with E-state index in [9.17, 15) is 9.59 Å². The molecule has 128 valence electrons. The zero-order valence-electron chi connectivity index (χ0n) is 14.3. The summed E-state index contributed by atoms with van der Waals surface area (Å²) in [4.78, 5) is 21.5. The molecular formula is C20H25O3P. The van der Waals surface area contributed by atoms with Gasteiger partial charge in [-0.3, -0.25) is 9.59 Å². The highest BCUT2D eigenvalue weighted by atomic mass is 31.1. The number of benzene rings is 2. The molecule has 0 spiro atoms. The van der Waals surface area contributed by atoms with Crippen LogP contribution < -0.4 is 10.6 Å². The van der Waals surface area contributed by atoms with Gasteiger partial charge < -0.3 is 4.74 Å². The number of hydrogen-bond acceptors (Lipinski definition) is 3. The van der Waals surface area contributed by atoms with Crippen molar-refractivity contribution in [3.63, 3.8) is 0 Å². The van der Waals surface area contributed by atoms with Crippen LogP contribution in [0.5, 0.6) is 0 Å². The lowest BCUT2D eigenvalue weighted by molar-refractivity contribution is -0.145. The van der Waals surface area contributed by atoms with Crippen LogP contribution in [0.2, 0.25) is 0 Å². The molecule has 4 heteroatoms. The fourth-order valence-electron chi connectivity index (χ4n) is 1.95. The number of carbonyl (C=O) groups is 2. The topological polar surface area (TPSA) is 43.4 Å². The molecule has 0 aliphatic heterocycles. The van der Waals surface area contributed by atoms with E-state index in [1.807, 2.05) is 6.92 Å². The second kappa shape index (κ2) is 12.4. The molecule has 0 aromatic heterocycles. The highest BCUT2D eigenvalue weighted by Crippen LogP contribution is 2.08. The van der Waals surface area contributed by atoms with E-state index in [1.165, 1.54) is 10.6 Å². The van der Waals surface area contributed by atoms with Crippen LogP contribution in [0.3, 0.4) is 0 Å². The second-order valence-corrected chi connectivity index (χ2v) is 6.53. The first kappa shape index (κ1) is 20.1. The molecule has 0 amide bonds. The molecule has 0 saturated carbocycles. The van der Waals surface area contributed by atoms with Crippen molar-refractivity contribution in [2.75, 3.05) is 6.61 Å². The van der Waals surface area contributed by atoms with E-state index in [1.54, 1.807) is 6.92 Å². The SMILES string of the molecule is CCCC(=O)CC(=O)OCC.c1ccc(Pc2ccccc2)cc1. The average molecular weight is 344 g/mol. The van der Waals surface area contributed by atoms with Crippen molar-refractivity contribution in [1.29, 1.82) is 0 Å². The summed E-state index contributed by atoms with van der Waals surface area (Å²) in [7, 11) is 0.777. The number of carbonyl (C=O) groups excluding carboxylic acids is 2. The average Bonchev–Trinajstić information content (AvgIpc) is 2.58. The predicted molar refractivity (Wildman–Crippen MR) is 102 cm³/mol. The molecule has 0 radical (unpaired) electrons. The quantitative estimate of drug-likeness (QED) is 0.438. The Kier molecular flexibility index (Phi) is 10.4. The largest absolute Gasteiger partial charge is 0.466 e. The Hall–Kier alpha value is -1.99. The molecule has 0 aliphatic carbocycles. The fourth-order valence-corrected chi connectivity index (χ4v) is 3.00. The number of hydrogen-bond donors (Lipinski definition) is 0. The molecule has 2 aromatic rings. The molecule has 0 fully saturated rings. The summed E-state index contributed by atoms with van der Waals surface area (Å²) in [6, 6.07) is 21.2. The van der Waals surface area contributed by atoms with Crippen LogP contribution in [0.4, 0.5) is 0 Å². The van der Waals surface area contributed by atoms with Gasteiger partial charge in [0, 0.05) is 6.42 Å². The Morgan fingerprint density at radius 1 is 0.875 bits per heavy atom. The van der Waals surface area contributed by atoms with Crippen LogP contribution >= 0.6 is 8.58 Å². The van der Waals surface area contributed by atoms with Gasteiger partial charge >= 0.3 is 5.97 Å². The third kappa shape index (κ3) is 9.22. The minimum atomic E-state index is -0.411. The minimum Gasteiger partial charge on any atom is -0.466 e. The van der Waals surface area contributed by atoms with Crippen LogP contribution in [0.15, 0.2) is 60.7 Å². The molecule has 0 atom stereocenters. The van der Waals surface area contributed by atoms with E-state index in [0.717, 1.165) is 15.0 Å². The smallest absolute Gasteiger partial charge is 0.313 e. The zero-order chi connectivity index (χ0) is 17.6. The van der Waals surface area contributed by atoms with Crippen molar-refractivity contribution in [1.82, 2.24) is 0 Å². The van der Waals surface area contributed by atoms with Crippen molar-refractivity contribution in [2.24, 2.45) is 0 Å². The van der Waals surface area contributed by atoms with Gasteiger partial charge in [0.2, 0.25) is 0 Å². The predicted octanol–water partition coefficient (Wildman–Crippen LogP) is 3.62. The summed E-state index contributed by atoms with van der Waals surface area (Å²) in [5.74, 6) is -0.447. The van der Waals surface area contributed by atoms with Gasteiger partial charge in [-0.05, 0) is 24.0 Å². The van der Waals surface area contributed by atoms with E-state index in [-0.39, 0.29) is 12.2 Å². The summed E-state index contributed by atoms with van der Waals surface area (Å²) in [6.07, 6.45) is 1.19. The molecule has 24 heavy (non-hydrogen) atoms. The number of ketones is 1. The highest BCUT2D eigenvalue weighted by molar-refractivity contribution is 7.55. The van der Waals surface area contributed by atoms with E-state index in [2.05, 4.69) is 65.4 Å². The molecule has 3 nitrogen and oxygen atoms in total. The van der Waals surface area contributed by atoms with E-state index < -0.39 is 5.97 Å². The molecule has 0 unspecified atom stereocenters. The van der Waals surface area contributed by atoms with Crippen LogP contribution in [0.25, 0.3) is 0 Å². The number of rotatable bonds is 7. The van der Waals surface area contributed by atoms with Gasteiger partial charge in [0.05, 0.1) is 6.61 Å². The van der Waals surface area contributed by atoms with Crippen molar-refractivity contribution in [3.05, 3.63) is 60.7 Å². The first-order valence-electron chi connectivity index (χ1n) is 8.20. The van der Waals surface area contributed by atoms with Gasteiger partial charge in [-0.2, -0.15) is 0 Å². The summed E-state index contributed by atoms with van der Waals surface area (Å²) in [6.45, 7) is 3.98. The lowest BCUT2D eigenvalue weighted by Gasteiger charge is -2.00. The summed E-state index contributed by atoms with van der Waals surface area (Å²) in [5.41, 5.74) is 0. The van der Waals surface area contributed by atoms with Gasteiger partial charge in [-0.25, -0.2) is 0 Å². The van der Waals surface area contributed by atoms with Crippen LogP contribution in [0.1, 0.15) is 33.1 Å². The highest BCUT2D eigenvalue weighted by Gasteiger charge is 2.08. The van der Waals surface area contributed by atoms with E-state index >= 15 is 0 Å². The molecule has 0 N–H and O–H groups in total. The minimum absolute atomic E-state index is 0.0362. The van der Waals surface area contributed by atoms with Gasteiger partial charge in [0.15, 0.2) is 0 Å². The fraction of sp³-hybridized carbons (Fsp3) is 0.300. The molecule has 0 aliphatic rings. The Balaban J connectivity index is 0.000000245. The van der Waals surface area contributed by atoms with Crippen molar-refractivity contribution in [2.45, 2.75) is 33.1 Å². The number of ether oxygens (including phenoxy) is 1. The second-order valence-electron chi connectivity index (χ2n) is 5.13. The van der Waals surface area contributed by atoms with Gasteiger partial charge in [-0.1, -0.05) is 76.2 Å². The van der Waals surface area contributed by atoms with Gasteiger partial charge in [0.1, 0.15) is 12.2 Å². The standard InChI is InChI=1S/C12H11P.C8H14O3/c1-3-7-11(8-4-1)13-12-9-5-2-6-10-12;1-3-5-7(9)6-8(10)11-4-2/h1-10,13H;3-6H2,1-2H3. The normalized spacial score (nSPS) is 9.58. The molecule has 0 saturated heterocycles. The van der Waals surface area contributed by atoms with Crippen LogP contribution in [-0.2, 0) is 14.3 Å². The Morgan fingerprint density at radius 3 is 1.79 bits per heavy atom. The van der Waals surface area contributed by atoms with Crippen LogP contribution in [0, 0.1) is 0 Å². The number of esters is 1. The maximum atomic E-state index is 10.8. The first-order valence-corrected chi connectivity index (χ1v) is 9.20. The Labute approximate surface area is 146 Å². The summed E-state index contributed by atoms with van der Waals surface area (Å²) >= 11 is 0. The molecule has 0 bridgehead atoms. The molecular weight excluding hydrogens is 319 g/mol. The third-order valence-electron chi connectivity index (χ3n) is 3.01. The summed E-state index contributed by atoms with van der Waals surface area (Å²) < 4.78 is 4.60. The monoisotopic (exact) mass is 344 g/mol.